The van der Waals surface area contributed by atoms with Gasteiger partial charge in [0.25, 0.3) is 0 Å². The molecule has 3 aromatic carbocycles. The Morgan fingerprint density at radius 2 is 1.75 bits per heavy atom. The SMILES string of the molecule is NS(=O)(=O)/N=C1\NC[C@H](c2cccc(CF)c2)N1c1ccc(Oc2ccc(Cl)cc2)cc1. The third kappa shape index (κ3) is 5.18. The van der Waals surface area contributed by atoms with Gasteiger partial charge in [-0.2, -0.15) is 8.42 Å². The predicted octanol–water partition coefficient (Wildman–Crippen LogP) is 4.31. The number of nitrogens with one attached hydrogen (secondary N) is 1. The van der Waals surface area contributed by atoms with Crippen LogP contribution in [0.2, 0.25) is 5.02 Å². The van der Waals surface area contributed by atoms with Gasteiger partial charge in [-0.05, 0) is 59.7 Å². The Balaban J connectivity index is 1.66. The first-order valence-corrected chi connectivity index (χ1v) is 11.5. The molecule has 0 saturated carbocycles. The number of ether oxygens (including phenoxy) is 1. The summed E-state index contributed by atoms with van der Waals surface area (Å²) in [6.07, 6.45) is 0. The summed E-state index contributed by atoms with van der Waals surface area (Å²) in [5.74, 6) is 1.31. The number of hydrogen-bond donors (Lipinski definition) is 2. The molecule has 1 fully saturated rings. The van der Waals surface area contributed by atoms with Gasteiger partial charge >= 0.3 is 10.2 Å². The van der Waals surface area contributed by atoms with Crippen LogP contribution in [0.15, 0.2) is 77.2 Å². The standard InChI is InChI=1S/C22H20ClFN4O3S/c23-17-4-8-19(9-5-17)31-20-10-6-18(7-11-20)28-21(14-26-22(28)27-32(25,29)30)16-3-1-2-15(12-16)13-24/h1-12,21H,13-14H2,(H,26,27)(H2,25,29,30)/t21-/m1/s1. The second-order valence-corrected chi connectivity index (χ2v) is 8.77. The Kier molecular flexibility index (Phi) is 6.31. The Morgan fingerprint density at radius 1 is 1.09 bits per heavy atom. The Labute approximate surface area is 190 Å². The van der Waals surface area contributed by atoms with E-state index in [1.165, 1.54) is 0 Å². The summed E-state index contributed by atoms with van der Waals surface area (Å²) < 4.78 is 45.9. The molecule has 0 amide bonds. The first kappa shape index (κ1) is 22.1. The molecule has 3 N–H and O–H groups in total. The van der Waals surface area contributed by atoms with Crippen molar-refractivity contribution in [2.24, 2.45) is 9.54 Å². The highest BCUT2D eigenvalue weighted by Gasteiger charge is 2.33. The van der Waals surface area contributed by atoms with Gasteiger partial charge in [-0.15, -0.1) is 4.40 Å². The highest BCUT2D eigenvalue weighted by atomic mass is 35.5. The van der Waals surface area contributed by atoms with Crippen LogP contribution in [0.5, 0.6) is 11.5 Å². The topological polar surface area (TPSA) is 97.0 Å². The van der Waals surface area contributed by atoms with Gasteiger partial charge in [-0.3, -0.25) is 0 Å². The smallest absolute Gasteiger partial charge is 0.320 e. The summed E-state index contributed by atoms with van der Waals surface area (Å²) >= 11 is 5.90. The summed E-state index contributed by atoms with van der Waals surface area (Å²) in [6.45, 7) is -0.226. The Bertz CT molecular complexity index is 1230. The number of halogens is 2. The summed E-state index contributed by atoms with van der Waals surface area (Å²) in [6, 6.07) is 20.8. The quantitative estimate of drug-likeness (QED) is 0.554. The van der Waals surface area contributed by atoms with E-state index in [1.807, 2.05) is 6.07 Å². The number of nitrogens with two attached hydrogens (primary N) is 1. The highest BCUT2D eigenvalue weighted by Crippen LogP contribution is 2.33. The number of anilines is 1. The van der Waals surface area contributed by atoms with Crippen LogP contribution in [-0.4, -0.2) is 20.9 Å². The fourth-order valence-corrected chi connectivity index (χ4v) is 3.99. The van der Waals surface area contributed by atoms with E-state index in [2.05, 4.69) is 9.71 Å². The van der Waals surface area contributed by atoms with Crippen LogP contribution in [0, 0.1) is 0 Å². The first-order chi connectivity index (χ1) is 15.3. The van der Waals surface area contributed by atoms with Crippen LogP contribution >= 0.6 is 11.6 Å². The van der Waals surface area contributed by atoms with E-state index in [1.54, 1.807) is 71.6 Å². The molecule has 1 aliphatic heterocycles. The van der Waals surface area contributed by atoms with Gasteiger partial charge in [0.2, 0.25) is 5.96 Å². The van der Waals surface area contributed by atoms with Gasteiger partial charge in [0.05, 0.1) is 6.04 Å². The van der Waals surface area contributed by atoms with Gasteiger partial charge in [-0.1, -0.05) is 35.9 Å². The summed E-state index contributed by atoms with van der Waals surface area (Å²) in [5, 5.41) is 8.74. The molecule has 1 atom stereocenters. The fourth-order valence-electron chi connectivity index (χ4n) is 3.47. The molecule has 0 radical (unpaired) electrons. The van der Waals surface area contributed by atoms with Crippen molar-refractivity contribution in [2.45, 2.75) is 12.7 Å². The van der Waals surface area contributed by atoms with Gasteiger partial charge < -0.3 is 15.0 Å². The number of hydrogen-bond acceptors (Lipinski definition) is 3. The summed E-state index contributed by atoms with van der Waals surface area (Å²) in [5.41, 5.74) is 2.01. The van der Waals surface area contributed by atoms with Crippen molar-refractivity contribution in [3.8, 4) is 11.5 Å². The molecule has 0 unspecified atom stereocenters. The zero-order chi connectivity index (χ0) is 22.7. The maximum atomic E-state index is 13.2. The lowest BCUT2D eigenvalue weighted by Gasteiger charge is -2.26. The molecule has 0 aliphatic carbocycles. The number of benzene rings is 3. The lowest BCUT2D eigenvalue weighted by Crippen LogP contribution is -2.33. The van der Waals surface area contributed by atoms with Crippen molar-refractivity contribution >= 4 is 33.5 Å². The molecule has 7 nitrogen and oxygen atoms in total. The zero-order valence-corrected chi connectivity index (χ0v) is 18.4. The second-order valence-electron chi connectivity index (χ2n) is 7.13. The minimum Gasteiger partial charge on any atom is -0.457 e. The Hall–Kier alpha value is -3.14. The Morgan fingerprint density at radius 3 is 2.38 bits per heavy atom. The third-order valence-electron chi connectivity index (χ3n) is 4.86. The molecule has 0 bridgehead atoms. The second kappa shape index (κ2) is 9.15. The first-order valence-electron chi connectivity index (χ1n) is 9.66. The largest absolute Gasteiger partial charge is 0.457 e. The lowest BCUT2D eigenvalue weighted by atomic mass is 10.0. The van der Waals surface area contributed by atoms with Crippen LogP contribution in [0.4, 0.5) is 10.1 Å². The molecule has 166 valence electrons. The molecule has 32 heavy (non-hydrogen) atoms. The molecule has 0 spiro atoms. The van der Waals surface area contributed by atoms with Crippen molar-refractivity contribution in [3.63, 3.8) is 0 Å². The van der Waals surface area contributed by atoms with E-state index in [0.29, 0.717) is 34.3 Å². The van der Waals surface area contributed by atoms with E-state index in [-0.39, 0.29) is 12.0 Å². The van der Waals surface area contributed by atoms with Crippen LogP contribution < -0.4 is 20.1 Å². The molecular weight excluding hydrogens is 455 g/mol. The number of rotatable bonds is 6. The average Bonchev–Trinajstić information content (AvgIpc) is 3.18. The van der Waals surface area contributed by atoms with Gasteiger partial charge in [-0.25, -0.2) is 9.53 Å². The van der Waals surface area contributed by atoms with E-state index in [4.69, 9.17) is 21.5 Å². The molecule has 4 rings (SSSR count). The monoisotopic (exact) mass is 474 g/mol. The molecule has 1 saturated heterocycles. The third-order valence-corrected chi connectivity index (χ3v) is 5.54. The fraction of sp³-hybridized carbons (Fsp3) is 0.136. The molecule has 1 aliphatic rings. The minimum atomic E-state index is -4.13. The molecule has 0 aromatic heterocycles. The minimum absolute atomic E-state index is 0.0921. The van der Waals surface area contributed by atoms with E-state index < -0.39 is 16.9 Å². The average molecular weight is 475 g/mol. The zero-order valence-electron chi connectivity index (χ0n) is 16.8. The van der Waals surface area contributed by atoms with Crippen molar-refractivity contribution in [3.05, 3.63) is 88.9 Å². The molecule has 3 aromatic rings. The normalized spacial score (nSPS) is 17.4. The van der Waals surface area contributed by atoms with Crippen LogP contribution in [0.1, 0.15) is 17.2 Å². The van der Waals surface area contributed by atoms with Crippen molar-refractivity contribution in [2.75, 3.05) is 11.4 Å². The van der Waals surface area contributed by atoms with E-state index >= 15 is 0 Å². The van der Waals surface area contributed by atoms with Gasteiger partial charge in [0.15, 0.2) is 0 Å². The maximum Gasteiger partial charge on any atom is 0.320 e. The number of alkyl halides is 1. The van der Waals surface area contributed by atoms with Gasteiger partial charge in [0, 0.05) is 17.3 Å². The van der Waals surface area contributed by atoms with Crippen LogP contribution in [-0.2, 0) is 16.9 Å². The van der Waals surface area contributed by atoms with Crippen molar-refractivity contribution in [1.29, 1.82) is 0 Å². The summed E-state index contributed by atoms with van der Waals surface area (Å²) in [4.78, 5) is 1.72. The summed E-state index contributed by atoms with van der Waals surface area (Å²) in [7, 11) is -4.13. The van der Waals surface area contributed by atoms with Crippen molar-refractivity contribution < 1.29 is 17.5 Å². The van der Waals surface area contributed by atoms with Crippen molar-refractivity contribution in [1.82, 2.24) is 5.32 Å². The van der Waals surface area contributed by atoms with E-state index in [9.17, 15) is 12.8 Å². The maximum absolute atomic E-state index is 13.2. The van der Waals surface area contributed by atoms with E-state index in [0.717, 1.165) is 5.56 Å². The highest BCUT2D eigenvalue weighted by molar-refractivity contribution is 7.88. The van der Waals surface area contributed by atoms with Crippen LogP contribution in [0.25, 0.3) is 0 Å². The molecular formula is C22H20ClFN4O3S. The molecule has 1 heterocycles. The molecule has 10 heteroatoms. The predicted molar refractivity (Wildman–Crippen MR) is 123 cm³/mol. The number of nitrogens with zero attached hydrogens (tertiary/aromatic N) is 2. The van der Waals surface area contributed by atoms with Gasteiger partial charge in [0.1, 0.15) is 18.2 Å². The lowest BCUT2D eigenvalue weighted by molar-refractivity contribution is 0.482. The van der Waals surface area contributed by atoms with Crippen LogP contribution in [0.3, 0.4) is 0 Å². The number of guanidine groups is 1.